The van der Waals surface area contributed by atoms with E-state index in [4.69, 9.17) is 0 Å². The molecule has 0 aromatic heterocycles. The Kier molecular flexibility index (Phi) is 11.9. The van der Waals surface area contributed by atoms with Crippen molar-refractivity contribution in [3.8, 4) is 0 Å². The van der Waals surface area contributed by atoms with Gasteiger partial charge < -0.3 is 9.80 Å². The van der Waals surface area contributed by atoms with Crippen molar-refractivity contribution in [2.75, 3.05) is 26.2 Å². The molecule has 0 radical (unpaired) electrons. The van der Waals surface area contributed by atoms with Crippen LogP contribution in [0.4, 0.5) is 0 Å². The minimum atomic E-state index is 1.15. The van der Waals surface area contributed by atoms with Gasteiger partial charge in [-0.3, -0.25) is 0 Å². The maximum atomic E-state index is 2.47. The molecule has 182 valence electrons. The molecule has 34 heavy (non-hydrogen) atoms. The van der Waals surface area contributed by atoms with Gasteiger partial charge in [0.05, 0.1) is 26.2 Å². The Hall–Kier alpha value is -2.42. The number of benzene rings is 3. The van der Waals surface area contributed by atoms with Crippen LogP contribution >= 0.6 is 0 Å². The van der Waals surface area contributed by atoms with Crippen molar-refractivity contribution in [3.05, 3.63) is 107 Å². The van der Waals surface area contributed by atoms with Gasteiger partial charge in [-0.25, -0.2) is 0 Å². The Labute approximate surface area is 208 Å². The minimum absolute atomic E-state index is 1.15. The Balaban J connectivity index is 1.40. The summed E-state index contributed by atoms with van der Waals surface area (Å²) in [5, 5.41) is 0. The van der Waals surface area contributed by atoms with Crippen LogP contribution in [0.25, 0.3) is 0 Å². The summed E-state index contributed by atoms with van der Waals surface area (Å²) in [6.07, 6.45) is 7.57. The van der Waals surface area contributed by atoms with Crippen LogP contribution in [-0.2, 0) is 25.9 Å². The van der Waals surface area contributed by atoms with Gasteiger partial charge >= 0.3 is 0 Å². The van der Waals surface area contributed by atoms with E-state index >= 15 is 0 Å². The van der Waals surface area contributed by atoms with Crippen LogP contribution in [-0.4, -0.2) is 26.2 Å². The molecule has 0 aliphatic heterocycles. The van der Waals surface area contributed by atoms with Crippen molar-refractivity contribution in [1.29, 1.82) is 0 Å². The van der Waals surface area contributed by atoms with E-state index in [1.165, 1.54) is 87.0 Å². The molecular formula is C32H46N2+2. The van der Waals surface area contributed by atoms with Crippen molar-refractivity contribution in [2.24, 2.45) is 0 Å². The summed E-state index contributed by atoms with van der Waals surface area (Å²) in [6.45, 7) is 11.9. The Morgan fingerprint density at radius 1 is 0.471 bits per heavy atom. The fraction of sp³-hybridized carbons (Fsp3) is 0.438. The number of rotatable bonds is 16. The van der Waals surface area contributed by atoms with Crippen molar-refractivity contribution in [1.82, 2.24) is 0 Å². The van der Waals surface area contributed by atoms with Crippen LogP contribution in [0.1, 0.15) is 61.8 Å². The normalized spacial score (nSPS) is 13.0. The molecule has 0 saturated heterocycles. The average Bonchev–Trinajstić information content (AvgIpc) is 2.89. The van der Waals surface area contributed by atoms with Crippen molar-refractivity contribution in [3.63, 3.8) is 0 Å². The van der Waals surface area contributed by atoms with E-state index in [-0.39, 0.29) is 0 Å². The van der Waals surface area contributed by atoms with Gasteiger partial charge in [0.2, 0.25) is 0 Å². The number of unbranched alkanes of at least 4 members (excludes halogenated alkanes) is 2. The molecule has 0 heterocycles. The molecule has 2 nitrogen and oxygen atoms in total. The van der Waals surface area contributed by atoms with Crippen LogP contribution < -0.4 is 9.80 Å². The van der Waals surface area contributed by atoms with E-state index in [0.717, 1.165) is 13.1 Å². The third-order valence-corrected chi connectivity index (χ3v) is 7.08. The molecule has 2 unspecified atom stereocenters. The van der Waals surface area contributed by atoms with E-state index in [2.05, 4.69) is 98.8 Å². The molecule has 2 heteroatoms. The van der Waals surface area contributed by atoms with Gasteiger partial charge in [-0.2, -0.15) is 0 Å². The quantitative estimate of drug-likeness (QED) is 0.292. The lowest BCUT2D eigenvalue weighted by Crippen LogP contribution is -3.10. The van der Waals surface area contributed by atoms with Gasteiger partial charge in [0.1, 0.15) is 13.1 Å². The van der Waals surface area contributed by atoms with Crippen LogP contribution in [0, 0.1) is 0 Å². The second-order valence-electron chi connectivity index (χ2n) is 9.77. The third kappa shape index (κ3) is 9.83. The molecular weight excluding hydrogens is 412 g/mol. The predicted octanol–water partition coefficient (Wildman–Crippen LogP) is 4.54. The standard InChI is InChI=1S/C32H44N2/c1-3-33(24-13-11-20-29-16-7-5-8-17-29)27-31-22-15-23-32(26-31)28-34(4-2)25-14-12-21-30-18-9-6-10-19-30/h5-10,15-19,22-23,26H,3-4,11-14,20-21,24-25,27-28H2,1-2H3/p+2. The molecule has 0 amide bonds. The zero-order valence-electron chi connectivity index (χ0n) is 21.6. The largest absolute Gasteiger partial charge is 0.331 e. The first-order chi connectivity index (χ1) is 16.8. The smallest absolute Gasteiger partial charge is 0.103 e. The van der Waals surface area contributed by atoms with Gasteiger partial charge in [0, 0.05) is 11.1 Å². The minimum Gasteiger partial charge on any atom is -0.331 e. The van der Waals surface area contributed by atoms with Crippen LogP contribution in [0.2, 0.25) is 0 Å². The van der Waals surface area contributed by atoms with Crippen molar-refractivity contribution in [2.45, 2.75) is 65.5 Å². The van der Waals surface area contributed by atoms with Gasteiger partial charge in [0.15, 0.2) is 0 Å². The monoisotopic (exact) mass is 458 g/mol. The number of aryl methyl sites for hydroxylation is 2. The van der Waals surface area contributed by atoms with Crippen molar-refractivity contribution < 1.29 is 9.80 Å². The topological polar surface area (TPSA) is 8.88 Å². The summed E-state index contributed by atoms with van der Waals surface area (Å²) in [5.41, 5.74) is 5.93. The lowest BCUT2D eigenvalue weighted by atomic mass is 10.1. The molecule has 2 atom stereocenters. The molecule has 0 spiro atoms. The van der Waals surface area contributed by atoms with Gasteiger partial charge in [-0.15, -0.1) is 0 Å². The van der Waals surface area contributed by atoms with Crippen molar-refractivity contribution >= 4 is 0 Å². The molecule has 0 fully saturated rings. The van der Waals surface area contributed by atoms with Gasteiger partial charge in [-0.1, -0.05) is 78.9 Å². The maximum Gasteiger partial charge on any atom is 0.103 e. The molecule has 3 rings (SSSR count). The fourth-order valence-corrected chi connectivity index (χ4v) is 4.90. The van der Waals surface area contributed by atoms with Gasteiger partial charge in [0.25, 0.3) is 0 Å². The lowest BCUT2D eigenvalue weighted by molar-refractivity contribution is -0.913. The molecule has 3 aromatic rings. The average molecular weight is 459 g/mol. The summed E-state index contributed by atoms with van der Waals surface area (Å²) >= 11 is 0. The van der Waals surface area contributed by atoms with Crippen LogP contribution in [0.3, 0.4) is 0 Å². The highest BCUT2D eigenvalue weighted by molar-refractivity contribution is 5.22. The molecule has 0 bridgehead atoms. The van der Waals surface area contributed by atoms with Crippen LogP contribution in [0.5, 0.6) is 0 Å². The summed E-state index contributed by atoms with van der Waals surface area (Å²) in [6, 6.07) is 31.2. The highest BCUT2D eigenvalue weighted by Gasteiger charge is 2.11. The van der Waals surface area contributed by atoms with E-state index in [9.17, 15) is 0 Å². The summed E-state index contributed by atoms with van der Waals surface area (Å²) < 4.78 is 0. The van der Waals surface area contributed by atoms with Crippen LogP contribution in [0.15, 0.2) is 84.9 Å². The Bertz CT molecular complexity index is 834. The Morgan fingerprint density at radius 3 is 1.29 bits per heavy atom. The van der Waals surface area contributed by atoms with E-state index in [0.29, 0.717) is 0 Å². The SMILES string of the molecule is CC[NH+](CCCCc1ccccc1)Cc1cccc(C[NH+](CC)CCCCc2ccccc2)c1. The predicted molar refractivity (Wildman–Crippen MR) is 145 cm³/mol. The number of hydrogen-bond acceptors (Lipinski definition) is 0. The molecule has 0 aliphatic rings. The highest BCUT2D eigenvalue weighted by Crippen LogP contribution is 2.06. The summed E-state index contributed by atoms with van der Waals surface area (Å²) in [5.74, 6) is 0. The lowest BCUT2D eigenvalue weighted by Gasteiger charge is -2.20. The first-order valence-corrected chi connectivity index (χ1v) is 13.6. The Morgan fingerprint density at radius 2 is 0.882 bits per heavy atom. The highest BCUT2D eigenvalue weighted by atomic mass is 15.1. The summed E-state index contributed by atoms with van der Waals surface area (Å²) in [4.78, 5) is 3.40. The molecule has 3 aromatic carbocycles. The second kappa shape index (κ2) is 15.5. The number of hydrogen-bond donors (Lipinski definition) is 2. The number of quaternary nitrogens is 2. The first-order valence-electron chi connectivity index (χ1n) is 13.6. The molecule has 0 saturated carbocycles. The zero-order chi connectivity index (χ0) is 23.8. The van der Waals surface area contributed by atoms with Gasteiger partial charge in [-0.05, 0) is 69.6 Å². The first kappa shape index (κ1) is 26.2. The molecule has 2 N–H and O–H groups in total. The molecule has 0 aliphatic carbocycles. The third-order valence-electron chi connectivity index (χ3n) is 7.08. The fourth-order valence-electron chi connectivity index (χ4n) is 4.90. The summed E-state index contributed by atoms with van der Waals surface area (Å²) in [7, 11) is 0. The number of nitrogens with one attached hydrogen (secondary N) is 2. The van der Waals surface area contributed by atoms with E-state index in [1.54, 1.807) is 9.80 Å². The second-order valence-corrected chi connectivity index (χ2v) is 9.77. The zero-order valence-corrected chi connectivity index (χ0v) is 21.6. The van der Waals surface area contributed by atoms with E-state index < -0.39 is 0 Å². The maximum absolute atomic E-state index is 2.47. The van der Waals surface area contributed by atoms with E-state index in [1.807, 2.05) is 0 Å².